The van der Waals surface area contributed by atoms with Gasteiger partial charge in [0.2, 0.25) is 0 Å². The van der Waals surface area contributed by atoms with E-state index in [0.29, 0.717) is 0 Å². The Morgan fingerprint density at radius 3 is 2.44 bits per heavy atom. The summed E-state index contributed by atoms with van der Waals surface area (Å²) in [4.78, 5) is 0. The summed E-state index contributed by atoms with van der Waals surface area (Å²) in [7, 11) is 0. The van der Waals surface area contributed by atoms with Crippen LogP contribution in [-0.2, 0) is 0 Å². The van der Waals surface area contributed by atoms with Crippen LogP contribution in [0.4, 0.5) is 3.50 Å². The van der Waals surface area contributed by atoms with Gasteiger partial charge in [0, 0.05) is 0 Å². The molecule has 0 radical (unpaired) electrons. The van der Waals surface area contributed by atoms with E-state index in [1.54, 1.807) is 11.5 Å². The Hall–Kier alpha value is -0.0471. The molecule has 0 unspecified atom stereocenters. The number of hydrogen-bond donors (Lipinski definition) is 0. The van der Waals surface area contributed by atoms with Gasteiger partial charge in [-0.2, -0.15) is 0 Å². The monoisotopic (exact) mass is 188 g/mol. The number of halogens is 1. The van der Waals surface area contributed by atoms with Crippen molar-refractivity contribution in [1.82, 2.24) is 0 Å². The Labute approximate surface area is 58.3 Å². The predicted molar refractivity (Wildman–Crippen MR) is 40.4 cm³/mol. The van der Waals surface area contributed by atoms with E-state index in [-0.39, 0.29) is 0 Å². The van der Waals surface area contributed by atoms with E-state index >= 15 is 0 Å². The van der Waals surface area contributed by atoms with E-state index in [2.05, 4.69) is 0 Å². The van der Waals surface area contributed by atoms with Crippen LogP contribution in [0, 0.1) is 0 Å². The van der Waals surface area contributed by atoms with Crippen LogP contribution in [0.3, 0.4) is 0 Å². The van der Waals surface area contributed by atoms with Crippen molar-refractivity contribution in [2.45, 2.75) is 17.9 Å². The first-order valence-electron chi connectivity index (χ1n) is 3.17. The summed E-state index contributed by atoms with van der Waals surface area (Å²) in [6.45, 7) is 0. The van der Waals surface area contributed by atoms with Gasteiger partial charge in [0.15, 0.2) is 0 Å². The maximum absolute atomic E-state index is 13.2. The van der Waals surface area contributed by atoms with E-state index in [1.165, 1.54) is 0 Å². The molecule has 0 saturated heterocycles. The molecule has 0 saturated carbocycles. The van der Waals surface area contributed by atoms with E-state index in [1.807, 2.05) is 18.2 Å². The van der Waals surface area contributed by atoms with Gasteiger partial charge in [-0.15, -0.1) is 0 Å². The molecule has 0 atom stereocenters. The molecule has 0 bridgehead atoms. The molecule has 0 N–H and O–H groups in total. The van der Waals surface area contributed by atoms with Crippen molar-refractivity contribution < 1.29 is 3.50 Å². The van der Waals surface area contributed by atoms with Gasteiger partial charge in [-0.1, -0.05) is 0 Å². The standard InChI is InChI=1S/C7H11FGe/c1-9(2,8)7-5-3-4-6-7/h3,5-6H,4H2,1-2H3. The van der Waals surface area contributed by atoms with Crippen molar-refractivity contribution in [3.05, 3.63) is 22.6 Å². The minimum absolute atomic E-state index is 0.938. The maximum atomic E-state index is 13.2. The van der Waals surface area contributed by atoms with Gasteiger partial charge in [0.25, 0.3) is 0 Å². The molecule has 0 aliphatic heterocycles. The summed E-state index contributed by atoms with van der Waals surface area (Å²) in [5.74, 6) is 3.53. The van der Waals surface area contributed by atoms with Crippen molar-refractivity contribution in [3.63, 3.8) is 0 Å². The Balaban J connectivity index is 2.73. The molecule has 0 nitrogen and oxygen atoms in total. The molecule has 0 fully saturated rings. The molecule has 0 aromatic heterocycles. The first-order valence-corrected chi connectivity index (χ1v) is 9.20. The van der Waals surface area contributed by atoms with Crippen LogP contribution in [-0.4, -0.2) is 13.7 Å². The molecule has 0 aromatic carbocycles. The van der Waals surface area contributed by atoms with Crippen LogP contribution in [0.25, 0.3) is 0 Å². The van der Waals surface area contributed by atoms with Crippen molar-refractivity contribution >= 4 is 13.7 Å². The predicted octanol–water partition coefficient (Wildman–Crippen LogP) is 2.59. The molecule has 0 spiro atoms. The zero-order chi connectivity index (χ0) is 6.91. The number of hydrogen-bond acceptors (Lipinski definition) is 0. The summed E-state index contributed by atoms with van der Waals surface area (Å²) >= 11 is -2.91. The molecular formula is C7H11FGe. The average Bonchev–Trinajstić information content (AvgIpc) is 2.08. The number of rotatable bonds is 1. The second-order valence-electron chi connectivity index (χ2n) is 2.77. The third kappa shape index (κ3) is 1.68. The Morgan fingerprint density at radius 2 is 2.22 bits per heavy atom. The quantitative estimate of drug-likeness (QED) is 0.553. The van der Waals surface area contributed by atoms with Crippen molar-refractivity contribution in [3.8, 4) is 0 Å². The van der Waals surface area contributed by atoms with Crippen LogP contribution in [0.15, 0.2) is 22.6 Å². The van der Waals surface area contributed by atoms with Gasteiger partial charge in [-0.3, -0.25) is 0 Å². The fraction of sp³-hybridized carbons (Fsp3) is 0.429. The van der Waals surface area contributed by atoms with Gasteiger partial charge in [-0.05, 0) is 0 Å². The molecule has 1 rings (SSSR count). The minimum atomic E-state index is -2.91. The first kappa shape index (κ1) is 7.06. The Bertz CT molecular complexity index is 162. The molecule has 1 aliphatic rings. The molecule has 0 heterocycles. The van der Waals surface area contributed by atoms with Crippen LogP contribution in [0.5, 0.6) is 0 Å². The summed E-state index contributed by atoms with van der Waals surface area (Å²) in [5, 5.41) is 0. The normalized spacial score (nSPS) is 18.3. The molecule has 9 heavy (non-hydrogen) atoms. The third-order valence-electron chi connectivity index (χ3n) is 1.46. The SMILES string of the molecule is [CH3][Ge]([CH3])([F])[C]1=CCC=C1. The summed E-state index contributed by atoms with van der Waals surface area (Å²) in [6, 6.07) is 0. The third-order valence-corrected chi connectivity index (χ3v) is 5.12. The molecule has 0 amide bonds. The Kier molecular flexibility index (Phi) is 1.80. The Morgan fingerprint density at radius 1 is 1.56 bits per heavy atom. The summed E-state index contributed by atoms with van der Waals surface area (Å²) in [6.07, 6.45) is 6.88. The van der Waals surface area contributed by atoms with E-state index < -0.39 is 13.7 Å². The van der Waals surface area contributed by atoms with E-state index in [0.717, 1.165) is 10.8 Å². The van der Waals surface area contributed by atoms with Crippen LogP contribution >= 0.6 is 0 Å². The van der Waals surface area contributed by atoms with Crippen LogP contribution < -0.4 is 0 Å². The van der Waals surface area contributed by atoms with Gasteiger partial charge < -0.3 is 0 Å². The fourth-order valence-corrected chi connectivity index (χ4v) is 3.24. The summed E-state index contributed by atoms with van der Waals surface area (Å²) < 4.78 is 14.2. The first-order chi connectivity index (χ1) is 4.11. The second-order valence-corrected chi connectivity index (χ2v) is 10.2. The topological polar surface area (TPSA) is 0 Å². The zero-order valence-electron chi connectivity index (χ0n) is 5.82. The van der Waals surface area contributed by atoms with E-state index in [4.69, 9.17) is 0 Å². The summed E-state index contributed by atoms with van der Waals surface area (Å²) in [5.41, 5.74) is 0. The molecular weight excluding hydrogens is 176 g/mol. The van der Waals surface area contributed by atoms with Crippen molar-refractivity contribution in [2.24, 2.45) is 0 Å². The van der Waals surface area contributed by atoms with Gasteiger partial charge >= 0.3 is 57.8 Å². The molecule has 0 aromatic rings. The van der Waals surface area contributed by atoms with Crippen LogP contribution in [0.1, 0.15) is 6.42 Å². The fourth-order valence-electron chi connectivity index (χ4n) is 0.899. The van der Waals surface area contributed by atoms with E-state index in [9.17, 15) is 3.50 Å². The molecule has 1 aliphatic carbocycles. The number of allylic oxidation sites excluding steroid dienone is 4. The van der Waals surface area contributed by atoms with Gasteiger partial charge in [0.1, 0.15) is 0 Å². The average molecular weight is 187 g/mol. The molecule has 2 heteroatoms. The molecule has 50 valence electrons. The van der Waals surface area contributed by atoms with Crippen molar-refractivity contribution in [1.29, 1.82) is 0 Å². The van der Waals surface area contributed by atoms with Crippen molar-refractivity contribution in [2.75, 3.05) is 0 Å². The second kappa shape index (κ2) is 2.29. The zero-order valence-corrected chi connectivity index (χ0v) is 7.92. The van der Waals surface area contributed by atoms with Crippen LogP contribution in [0.2, 0.25) is 11.5 Å². The van der Waals surface area contributed by atoms with Gasteiger partial charge in [-0.25, -0.2) is 0 Å². The van der Waals surface area contributed by atoms with Gasteiger partial charge in [0.05, 0.1) is 0 Å².